The predicted molar refractivity (Wildman–Crippen MR) is 161 cm³/mol. The van der Waals surface area contributed by atoms with E-state index in [4.69, 9.17) is 4.74 Å². The van der Waals surface area contributed by atoms with Crippen molar-refractivity contribution in [3.05, 3.63) is 70.7 Å². The van der Waals surface area contributed by atoms with E-state index < -0.39 is 10.0 Å². The normalized spacial score (nSPS) is 15.4. The van der Waals surface area contributed by atoms with E-state index in [1.165, 1.54) is 7.11 Å². The molecule has 2 heterocycles. The summed E-state index contributed by atoms with van der Waals surface area (Å²) in [5.74, 6) is -0.136. The molecule has 1 amide bonds. The largest absolute Gasteiger partial charge is 0.492 e. The summed E-state index contributed by atoms with van der Waals surface area (Å²) >= 11 is 0. The number of nitrogens with one attached hydrogen (secondary N) is 4. The summed E-state index contributed by atoms with van der Waals surface area (Å²) in [5, 5.41) is 9.34. The molecule has 0 saturated heterocycles. The Labute approximate surface area is 240 Å². The van der Waals surface area contributed by atoms with Crippen molar-refractivity contribution < 1.29 is 17.9 Å². The molecule has 218 valence electrons. The molecule has 1 fully saturated rings. The third-order valence-corrected chi connectivity index (χ3v) is 7.82. The molecular formula is C29H37N7O4S. The van der Waals surface area contributed by atoms with Crippen LogP contribution in [0.25, 0.3) is 5.70 Å². The molecule has 0 atom stereocenters. The maximum absolute atomic E-state index is 13.5. The second-order valence-electron chi connectivity index (χ2n) is 11.7. The number of amides is 1. The fourth-order valence-corrected chi connectivity index (χ4v) is 5.36. The van der Waals surface area contributed by atoms with Gasteiger partial charge in [0.1, 0.15) is 0 Å². The van der Waals surface area contributed by atoms with E-state index in [2.05, 4.69) is 37.7 Å². The van der Waals surface area contributed by atoms with Crippen LogP contribution in [-0.4, -0.2) is 37.5 Å². The number of rotatable bonds is 8. The maximum Gasteiger partial charge on any atom is 0.255 e. The number of ether oxygens (including phenoxy) is 1. The summed E-state index contributed by atoms with van der Waals surface area (Å²) in [5.41, 5.74) is 12.7. The Morgan fingerprint density at radius 3 is 2.46 bits per heavy atom. The molecule has 11 nitrogen and oxygen atoms in total. The number of aromatic nitrogens is 2. The molecule has 41 heavy (non-hydrogen) atoms. The van der Waals surface area contributed by atoms with Gasteiger partial charge in [0, 0.05) is 23.0 Å². The molecule has 1 aromatic heterocycles. The SMILES string of the molecule is COc1c(NC(=O)c2ccc(C)c(N3C=C(c4cnn(C5CC5)c4C)NN3)c2)cc(C(C)(C)C)cc1NS(C)(=O)=O. The standard InChI is InChI=1S/C29H37N7O4S/c1-17-8-9-19(12-26(17)35-16-25(32-34-35)22-15-30-36(18(22)2)21-10-11-21)28(37)31-23-13-20(29(3,4)5)14-24(27(23)40-6)33-41(7,38)39/h8-9,12-16,21,32-34H,10-11H2,1-7H3,(H,31,37). The molecule has 1 saturated carbocycles. The zero-order valence-electron chi connectivity index (χ0n) is 24.4. The molecule has 0 radical (unpaired) electrons. The first-order valence-corrected chi connectivity index (χ1v) is 15.3. The Bertz CT molecular complexity index is 1650. The van der Waals surface area contributed by atoms with Gasteiger partial charge in [0.05, 0.1) is 48.4 Å². The third-order valence-electron chi connectivity index (χ3n) is 7.23. The van der Waals surface area contributed by atoms with Gasteiger partial charge in [-0.1, -0.05) is 26.8 Å². The van der Waals surface area contributed by atoms with Gasteiger partial charge in [0.25, 0.3) is 5.91 Å². The fraction of sp³-hybridized carbons (Fsp3) is 0.379. The van der Waals surface area contributed by atoms with E-state index in [9.17, 15) is 13.2 Å². The highest BCUT2D eigenvalue weighted by atomic mass is 32.2. The van der Waals surface area contributed by atoms with Crippen molar-refractivity contribution in [2.45, 2.75) is 58.9 Å². The number of hydrogen-bond donors (Lipinski definition) is 4. The summed E-state index contributed by atoms with van der Waals surface area (Å²) in [6, 6.07) is 9.47. The van der Waals surface area contributed by atoms with E-state index in [0.717, 1.165) is 52.9 Å². The lowest BCUT2D eigenvalue weighted by Gasteiger charge is -2.24. The topological polar surface area (TPSA) is 130 Å². The van der Waals surface area contributed by atoms with Crippen LogP contribution in [0.4, 0.5) is 17.1 Å². The number of benzene rings is 2. The van der Waals surface area contributed by atoms with E-state index in [1.807, 2.05) is 57.2 Å². The first kappa shape index (κ1) is 28.5. The van der Waals surface area contributed by atoms with Crippen molar-refractivity contribution in [2.75, 3.05) is 28.4 Å². The van der Waals surface area contributed by atoms with Crippen molar-refractivity contribution in [2.24, 2.45) is 0 Å². The maximum atomic E-state index is 13.5. The fourth-order valence-electron chi connectivity index (χ4n) is 4.81. The zero-order valence-corrected chi connectivity index (χ0v) is 25.2. The van der Waals surface area contributed by atoms with Crippen LogP contribution >= 0.6 is 0 Å². The Morgan fingerprint density at radius 2 is 1.83 bits per heavy atom. The number of carbonyl (C=O) groups is 1. The first-order valence-electron chi connectivity index (χ1n) is 13.4. The molecule has 5 rings (SSSR count). The molecule has 1 aliphatic carbocycles. The molecule has 0 bridgehead atoms. The van der Waals surface area contributed by atoms with Gasteiger partial charge in [-0.05, 0) is 67.5 Å². The minimum absolute atomic E-state index is 0.226. The molecule has 3 aromatic rings. The average molecular weight is 580 g/mol. The van der Waals surface area contributed by atoms with Crippen molar-refractivity contribution in [1.29, 1.82) is 0 Å². The average Bonchev–Trinajstić information content (AvgIpc) is 3.48. The summed E-state index contributed by atoms with van der Waals surface area (Å²) < 4.78 is 34.3. The van der Waals surface area contributed by atoms with Gasteiger partial charge in [-0.15, -0.1) is 5.53 Å². The monoisotopic (exact) mass is 579 g/mol. The van der Waals surface area contributed by atoms with Gasteiger partial charge in [-0.2, -0.15) is 5.10 Å². The second kappa shape index (κ2) is 10.4. The van der Waals surface area contributed by atoms with Crippen molar-refractivity contribution in [3.63, 3.8) is 0 Å². The number of methoxy groups -OCH3 is 1. The van der Waals surface area contributed by atoms with E-state index in [-0.39, 0.29) is 22.8 Å². The molecule has 2 aliphatic rings. The molecule has 2 aromatic carbocycles. The van der Waals surface area contributed by atoms with Crippen LogP contribution in [0.15, 0.2) is 42.7 Å². The molecule has 0 spiro atoms. The lowest BCUT2D eigenvalue weighted by Crippen LogP contribution is -2.36. The van der Waals surface area contributed by atoms with Crippen LogP contribution in [-0.2, 0) is 15.4 Å². The lowest BCUT2D eigenvalue weighted by molar-refractivity contribution is 0.102. The van der Waals surface area contributed by atoms with E-state index in [0.29, 0.717) is 17.3 Å². The van der Waals surface area contributed by atoms with Gasteiger partial charge in [0.2, 0.25) is 10.0 Å². The Morgan fingerprint density at radius 1 is 1.12 bits per heavy atom. The minimum Gasteiger partial charge on any atom is -0.492 e. The zero-order chi connectivity index (χ0) is 29.7. The molecule has 12 heteroatoms. The van der Waals surface area contributed by atoms with Crippen LogP contribution in [0.2, 0.25) is 0 Å². The van der Waals surface area contributed by atoms with Crippen molar-refractivity contribution in [3.8, 4) is 5.75 Å². The van der Waals surface area contributed by atoms with Gasteiger partial charge in [-0.3, -0.25) is 19.2 Å². The molecule has 1 aliphatic heterocycles. The molecule has 0 unspecified atom stereocenters. The number of sulfonamides is 1. The highest BCUT2D eigenvalue weighted by Gasteiger charge is 2.28. The van der Waals surface area contributed by atoms with Crippen LogP contribution < -0.4 is 30.7 Å². The number of hydrazine groups is 2. The van der Waals surface area contributed by atoms with Gasteiger partial charge < -0.3 is 15.5 Å². The summed E-state index contributed by atoms with van der Waals surface area (Å²) in [6.07, 6.45) is 7.22. The van der Waals surface area contributed by atoms with Gasteiger partial charge >= 0.3 is 0 Å². The van der Waals surface area contributed by atoms with Crippen molar-refractivity contribution in [1.82, 2.24) is 20.7 Å². The predicted octanol–water partition coefficient (Wildman–Crippen LogP) is 4.59. The number of carbonyl (C=O) groups excluding carboxylic acids is 1. The number of nitrogens with zero attached hydrogens (tertiary/aromatic N) is 3. The number of anilines is 3. The van der Waals surface area contributed by atoms with Crippen molar-refractivity contribution >= 4 is 38.7 Å². The first-order chi connectivity index (χ1) is 19.2. The van der Waals surface area contributed by atoms with Gasteiger partial charge in [-0.25, -0.2) is 8.42 Å². The van der Waals surface area contributed by atoms with Crippen LogP contribution in [0, 0.1) is 13.8 Å². The van der Waals surface area contributed by atoms with Crippen LogP contribution in [0.3, 0.4) is 0 Å². The summed E-state index contributed by atoms with van der Waals surface area (Å²) in [7, 11) is -2.15. The quantitative estimate of drug-likeness (QED) is 0.305. The lowest BCUT2D eigenvalue weighted by atomic mass is 9.86. The van der Waals surface area contributed by atoms with E-state index in [1.54, 1.807) is 18.2 Å². The van der Waals surface area contributed by atoms with Crippen LogP contribution in [0.5, 0.6) is 5.75 Å². The molecule has 4 N–H and O–H groups in total. The van der Waals surface area contributed by atoms with E-state index >= 15 is 0 Å². The van der Waals surface area contributed by atoms with Crippen LogP contribution in [0.1, 0.15) is 72.4 Å². The smallest absolute Gasteiger partial charge is 0.255 e. The van der Waals surface area contributed by atoms with Gasteiger partial charge in [0.15, 0.2) is 5.75 Å². The Balaban J connectivity index is 1.44. The second-order valence-corrected chi connectivity index (χ2v) is 13.4. The number of aryl methyl sites for hydroxylation is 1. The molecular weight excluding hydrogens is 542 g/mol. The third kappa shape index (κ3) is 6.03. The summed E-state index contributed by atoms with van der Waals surface area (Å²) in [4.78, 5) is 13.5. The minimum atomic E-state index is -3.59. The Kier molecular flexibility index (Phi) is 7.24. The summed E-state index contributed by atoms with van der Waals surface area (Å²) in [6.45, 7) is 10.1. The number of hydrogen-bond acceptors (Lipinski definition) is 8. The Hall–Kier alpha value is -4.03. The highest BCUT2D eigenvalue weighted by molar-refractivity contribution is 7.92. The highest BCUT2D eigenvalue weighted by Crippen LogP contribution is 2.40.